The van der Waals surface area contributed by atoms with Crippen molar-refractivity contribution in [2.75, 3.05) is 32.7 Å². The molecule has 0 aromatic rings. The molecule has 96 valence electrons. The molecular weight excluding hydrogens is 200 g/mol. The molecule has 0 aliphatic carbocycles. The maximum Gasteiger partial charge on any atom is 0.0678 e. The summed E-state index contributed by atoms with van der Waals surface area (Å²) in [6.45, 7) is 12.2. The zero-order valence-electron chi connectivity index (χ0n) is 11.2. The highest BCUT2D eigenvalue weighted by Gasteiger charge is 2.21. The lowest BCUT2D eigenvalue weighted by Gasteiger charge is -2.35. The Morgan fingerprint density at radius 1 is 1.12 bits per heavy atom. The zero-order chi connectivity index (χ0) is 11.8. The lowest BCUT2D eigenvalue weighted by atomic mass is 10.2. The van der Waals surface area contributed by atoms with E-state index in [9.17, 15) is 0 Å². The van der Waals surface area contributed by atoms with Gasteiger partial charge in [-0.2, -0.15) is 0 Å². The van der Waals surface area contributed by atoms with E-state index < -0.39 is 0 Å². The van der Waals surface area contributed by atoms with Gasteiger partial charge in [-0.25, -0.2) is 0 Å². The third-order valence-electron chi connectivity index (χ3n) is 3.06. The number of nitrogens with zero attached hydrogens (tertiary/aromatic N) is 1. The van der Waals surface area contributed by atoms with E-state index in [4.69, 9.17) is 4.74 Å². The van der Waals surface area contributed by atoms with Gasteiger partial charge in [0.1, 0.15) is 0 Å². The van der Waals surface area contributed by atoms with Crippen molar-refractivity contribution in [3.63, 3.8) is 0 Å². The van der Waals surface area contributed by atoms with Gasteiger partial charge in [0, 0.05) is 26.2 Å². The highest BCUT2D eigenvalue weighted by molar-refractivity contribution is 4.73. The highest BCUT2D eigenvalue weighted by Crippen LogP contribution is 2.09. The van der Waals surface area contributed by atoms with Crippen LogP contribution in [0.2, 0.25) is 0 Å². The molecule has 0 aromatic carbocycles. The van der Waals surface area contributed by atoms with E-state index in [1.165, 1.54) is 25.8 Å². The largest absolute Gasteiger partial charge is 0.373 e. The second-order valence-electron chi connectivity index (χ2n) is 4.97. The van der Waals surface area contributed by atoms with Crippen LogP contribution in [0.1, 0.15) is 40.0 Å². The van der Waals surface area contributed by atoms with Crippen molar-refractivity contribution in [1.82, 2.24) is 10.2 Å². The molecule has 0 radical (unpaired) electrons. The van der Waals surface area contributed by atoms with E-state index in [2.05, 4.69) is 31.0 Å². The lowest BCUT2D eigenvalue weighted by Crippen LogP contribution is -2.47. The zero-order valence-corrected chi connectivity index (χ0v) is 11.2. The molecule has 16 heavy (non-hydrogen) atoms. The second-order valence-corrected chi connectivity index (χ2v) is 4.97. The van der Waals surface area contributed by atoms with E-state index in [0.29, 0.717) is 12.2 Å². The van der Waals surface area contributed by atoms with Crippen LogP contribution in [0.3, 0.4) is 0 Å². The molecular formula is C13H28N2O. The van der Waals surface area contributed by atoms with Crippen LogP contribution in [-0.4, -0.2) is 49.8 Å². The van der Waals surface area contributed by atoms with E-state index in [1.54, 1.807) is 0 Å². The van der Waals surface area contributed by atoms with Crippen molar-refractivity contribution >= 4 is 0 Å². The minimum Gasteiger partial charge on any atom is -0.373 e. The molecule has 0 spiro atoms. The van der Waals surface area contributed by atoms with Crippen molar-refractivity contribution in [3.8, 4) is 0 Å². The van der Waals surface area contributed by atoms with Crippen LogP contribution >= 0.6 is 0 Å². The smallest absolute Gasteiger partial charge is 0.0678 e. The summed E-state index contributed by atoms with van der Waals surface area (Å²) in [5.41, 5.74) is 0. The third-order valence-corrected chi connectivity index (χ3v) is 3.06. The van der Waals surface area contributed by atoms with Crippen LogP contribution in [0.15, 0.2) is 0 Å². The Hall–Kier alpha value is -0.120. The van der Waals surface area contributed by atoms with Gasteiger partial charge < -0.3 is 10.1 Å². The molecule has 1 fully saturated rings. The summed E-state index contributed by atoms with van der Waals surface area (Å²) in [7, 11) is 0. The Balaban J connectivity index is 1.99. The summed E-state index contributed by atoms with van der Waals surface area (Å²) in [5.74, 6) is 0. The summed E-state index contributed by atoms with van der Waals surface area (Å²) in [4.78, 5) is 2.51. The second kappa shape index (κ2) is 8.04. The standard InChI is InChI=1S/C13H28N2O/c1-4-5-6-7-14-8-9-15-10-12(2)16-13(3)11-15/h12-14H,4-11H2,1-3H3/t12-,13+. The molecule has 1 heterocycles. The van der Waals surface area contributed by atoms with E-state index in [1.807, 2.05) is 0 Å². The Morgan fingerprint density at radius 2 is 1.81 bits per heavy atom. The molecule has 1 rings (SSSR count). The molecule has 0 unspecified atom stereocenters. The Labute approximate surface area is 101 Å². The maximum absolute atomic E-state index is 5.71. The topological polar surface area (TPSA) is 24.5 Å². The van der Waals surface area contributed by atoms with Crippen molar-refractivity contribution in [2.24, 2.45) is 0 Å². The molecule has 1 saturated heterocycles. The number of nitrogens with one attached hydrogen (secondary N) is 1. The van der Waals surface area contributed by atoms with Crippen LogP contribution in [0.5, 0.6) is 0 Å². The average molecular weight is 228 g/mol. The molecule has 1 aliphatic heterocycles. The number of hydrogen-bond acceptors (Lipinski definition) is 3. The van der Waals surface area contributed by atoms with E-state index >= 15 is 0 Å². The molecule has 3 heteroatoms. The van der Waals surface area contributed by atoms with Crippen LogP contribution in [0.4, 0.5) is 0 Å². The minimum atomic E-state index is 0.392. The Bertz CT molecular complexity index is 165. The maximum atomic E-state index is 5.71. The summed E-state index contributed by atoms with van der Waals surface area (Å²) in [5, 5.41) is 3.51. The molecule has 1 aliphatic rings. The fourth-order valence-electron chi connectivity index (χ4n) is 2.33. The molecule has 2 atom stereocenters. The molecule has 0 bridgehead atoms. The minimum absolute atomic E-state index is 0.392. The quantitative estimate of drug-likeness (QED) is 0.673. The molecule has 3 nitrogen and oxygen atoms in total. The first-order valence-corrected chi connectivity index (χ1v) is 6.81. The third kappa shape index (κ3) is 5.83. The fourth-order valence-corrected chi connectivity index (χ4v) is 2.33. The molecule has 0 saturated carbocycles. The van der Waals surface area contributed by atoms with E-state index in [-0.39, 0.29) is 0 Å². The first-order valence-electron chi connectivity index (χ1n) is 6.81. The van der Waals surface area contributed by atoms with Gasteiger partial charge in [0.2, 0.25) is 0 Å². The van der Waals surface area contributed by atoms with Gasteiger partial charge >= 0.3 is 0 Å². The van der Waals surface area contributed by atoms with Gasteiger partial charge in [-0.15, -0.1) is 0 Å². The summed E-state index contributed by atoms with van der Waals surface area (Å²) < 4.78 is 5.71. The van der Waals surface area contributed by atoms with Crippen LogP contribution in [0.25, 0.3) is 0 Å². The number of hydrogen-bond donors (Lipinski definition) is 1. The van der Waals surface area contributed by atoms with Gasteiger partial charge in [-0.05, 0) is 26.8 Å². The van der Waals surface area contributed by atoms with Gasteiger partial charge in [-0.1, -0.05) is 19.8 Å². The Morgan fingerprint density at radius 3 is 2.44 bits per heavy atom. The van der Waals surface area contributed by atoms with Gasteiger partial charge in [0.15, 0.2) is 0 Å². The van der Waals surface area contributed by atoms with E-state index in [0.717, 1.165) is 26.2 Å². The summed E-state index contributed by atoms with van der Waals surface area (Å²) in [6, 6.07) is 0. The van der Waals surface area contributed by atoms with Gasteiger partial charge in [0.25, 0.3) is 0 Å². The number of morpholine rings is 1. The predicted octanol–water partition coefficient (Wildman–Crippen LogP) is 1.88. The molecule has 0 amide bonds. The molecule has 0 aromatic heterocycles. The van der Waals surface area contributed by atoms with Gasteiger partial charge in [0.05, 0.1) is 12.2 Å². The first-order chi connectivity index (χ1) is 7.72. The predicted molar refractivity (Wildman–Crippen MR) is 68.8 cm³/mol. The van der Waals surface area contributed by atoms with Crippen molar-refractivity contribution in [2.45, 2.75) is 52.2 Å². The summed E-state index contributed by atoms with van der Waals surface area (Å²) >= 11 is 0. The van der Waals surface area contributed by atoms with Crippen molar-refractivity contribution in [1.29, 1.82) is 0 Å². The normalized spacial score (nSPS) is 27.2. The SMILES string of the molecule is CCCCCNCCN1C[C@@H](C)O[C@@H](C)C1. The van der Waals surface area contributed by atoms with Crippen molar-refractivity contribution in [3.05, 3.63) is 0 Å². The average Bonchev–Trinajstić information content (AvgIpc) is 2.22. The number of ether oxygens (including phenoxy) is 1. The number of rotatable bonds is 7. The summed E-state index contributed by atoms with van der Waals surface area (Å²) in [6.07, 6.45) is 4.75. The lowest BCUT2D eigenvalue weighted by molar-refractivity contribution is -0.0674. The number of unbranched alkanes of at least 4 members (excludes halogenated alkanes) is 2. The van der Waals surface area contributed by atoms with Crippen LogP contribution in [0, 0.1) is 0 Å². The monoisotopic (exact) mass is 228 g/mol. The fraction of sp³-hybridized carbons (Fsp3) is 1.00. The van der Waals surface area contributed by atoms with Gasteiger partial charge in [-0.3, -0.25) is 4.90 Å². The van der Waals surface area contributed by atoms with Crippen molar-refractivity contribution < 1.29 is 4.74 Å². The Kier molecular flexibility index (Phi) is 7.01. The highest BCUT2D eigenvalue weighted by atomic mass is 16.5. The molecule has 1 N–H and O–H groups in total. The van der Waals surface area contributed by atoms with Crippen LogP contribution < -0.4 is 5.32 Å². The first kappa shape index (κ1) is 13.9. The van der Waals surface area contributed by atoms with Crippen LogP contribution in [-0.2, 0) is 4.74 Å².